The van der Waals surface area contributed by atoms with Crippen molar-refractivity contribution in [2.45, 2.75) is 12.5 Å². The van der Waals surface area contributed by atoms with Gasteiger partial charge in [-0.15, -0.1) is 11.3 Å². The van der Waals surface area contributed by atoms with Crippen LogP contribution in [0, 0.1) is 0 Å². The van der Waals surface area contributed by atoms with E-state index in [1.807, 2.05) is 30.3 Å². The summed E-state index contributed by atoms with van der Waals surface area (Å²) in [6, 6.07) is 9.47. The van der Waals surface area contributed by atoms with Crippen molar-refractivity contribution in [2.75, 3.05) is 18.1 Å². The molecule has 2 aromatic rings. The second-order valence-electron chi connectivity index (χ2n) is 5.22. The number of carboxylic acid groups (broad SMARTS) is 1. The minimum absolute atomic E-state index is 0.0108. The van der Waals surface area contributed by atoms with E-state index < -0.39 is 5.97 Å². The third kappa shape index (κ3) is 3.73. The summed E-state index contributed by atoms with van der Waals surface area (Å²) in [6.45, 7) is 0.583. The highest BCUT2D eigenvalue weighted by atomic mass is 32.2. The highest BCUT2D eigenvalue weighted by Crippen LogP contribution is 2.28. The van der Waals surface area contributed by atoms with Crippen LogP contribution in [0.15, 0.2) is 36.5 Å². The Bertz CT molecular complexity index is 702. The van der Waals surface area contributed by atoms with Crippen LogP contribution in [0.1, 0.15) is 16.1 Å². The van der Waals surface area contributed by atoms with Gasteiger partial charge in [0.05, 0.1) is 18.7 Å². The van der Waals surface area contributed by atoms with E-state index in [1.165, 1.54) is 11.3 Å². The summed E-state index contributed by atoms with van der Waals surface area (Å²) in [6.07, 6.45) is 1.58. The summed E-state index contributed by atoms with van der Waals surface area (Å²) in [4.78, 5) is 30.3. The quantitative estimate of drug-likeness (QED) is 0.920. The molecule has 1 atom stereocenters. The minimum Gasteiger partial charge on any atom is -0.481 e. The van der Waals surface area contributed by atoms with Gasteiger partial charge in [-0.1, -0.05) is 30.3 Å². The molecule has 1 fully saturated rings. The third-order valence-electron chi connectivity index (χ3n) is 3.64. The summed E-state index contributed by atoms with van der Waals surface area (Å²) in [7, 11) is 0. The standard InChI is InChI=1S/C16H16N2O3S2/c19-14(20)8-12-10-22-7-6-18(12)16(21)13-9-17-15(23-13)11-4-2-1-3-5-11/h1-5,9,12H,6-8,10H2,(H,19,20). The molecule has 0 bridgehead atoms. The van der Waals surface area contributed by atoms with Crippen LogP contribution in [0.25, 0.3) is 10.6 Å². The van der Waals surface area contributed by atoms with E-state index >= 15 is 0 Å². The molecule has 1 aliphatic rings. The Morgan fingerprint density at radius 2 is 2.09 bits per heavy atom. The number of hydrogen-bond acceptors (Lipinski definition) is 5. The Kier molecular flexibility index (Phi) is 4.97. The molecule has 2 heterocycles. The van der Waals surface area contributed by atoms with E-state index in [2.05, 4.69) is 4.98 Å². The van der Waals surface area contributed by atoms with Gasteiger partial charge in [-0.05, 0) is 0 Å². The molecule has 3 rings (SSSR count). The molecule has 1 saturated heterocycles. The molecule has 5 nitrogen and oxygen atoms in total. The molecule has 1 unspecified atom stereocenters. The lowest BCUT2D eigenvalue weighted by Crippen LogP contribution is -2.46. The molecule has 1 aromatic carbocycles. The van der Waals surface area contributed by atoms with Gasteiger partial charge in [-0.25, -0.2) is 4.98 Å². The molecular weight excluding hydrogens is 332 g/mol. The molecule has 0 radical (unpaired) electrons. The first kappa shape index (κ1) is 16.0. The Hall–Kier alpha value is -1.86. The lowest BCUT2D eigenvalue weighted by molar-refractivity contribution is -0.138. The van der Waals surface area contributed by atoms with Crippen molar-refractivity contribution in [1.82, 2.24) is 9.88 Å². The summed E-state index contributed by atoms with van der Waals surface area (Å²) in [5.41, 5.74) is 0.979. The SMILES string of the molecule is O=C(O)CC1CSCCN1C(=O)c1cnc(-c2ccccc2)s1. The molecule has 120 valence electrons. The van der Waals surface area contributed by atoms with Crippen molar-refractivity contribution in [3.63, 3.8) is 0 Å². The van der Waals surface area contributed by atoms with Gasteiger partial charge >= 0.3 is 5.97 Å². The maximum atomic E-state index is 12.7. The fourth-order valence-electron chi connectivity index (χ4n) is 2.52. The molecule has 0 aliphatic carbocycles. The number of carboxylic acids is 1. The number of thiazole rings is 1. The topological polar surface area (TPSA) is 70.5 Å². The summed E-state index contributed by atoms with van der Waals surface area (Å²) >= 11 is 3.05. The first-order chi connectivity index (χ1) is 11.1. The number of rotatable bonds is 4. The van der Waals surface area contributed by atoms with E-state index in [-0.39, 0.29) is 18.4 Å². The van der Waals surface area contributed by atoms with E-state index in [9.17, 15) is 9.59 Å². The molecule has 0 spiro atoms. The highest BCUT2D eigenvalue weighted by molar-refractivity contribution is 7.99. The van der Waals surface area contributed by atoms with Crippen LogP contribution < -0.4 is 0 Å². The van der Waals surface area contributed by atoms with Gasteiger partial charge in [-0.3, -0.25) is 9.59 Å². The number of carbonyl (C=O) groups is 2. The number of aromatic nitrogens is 1. The maximum absolute atomic E-state index is 12.7. The lowest BCUT2D eigenvalue weighted by Gasteiger charge is -2.34. The zero-order valence-electron chi connectivity index (χ0n) is 12.3. The number of amides is 1. The molecule has 0 saturated carbocycles. The number of thioether (sulfide) groups is 1. The van der Waals surface area contributed by atoms with Gasteiger partial charge in [-0.2, -0.15) is 11.8 Å². The molecule has 1 N–H and O–H groups in total. The summed E-state index contributed by atoms with van der Waals surface area (Å²) in [5.74, 6) is 0.523. The molecule has 23 heavy (non-hydrogen) atoms. The molecular formula is C16H16N2O3S2. The number of benzene rings is 1. The first-order valence-electron chi connectivity index (χ1n) is 7.27. The van der Waals surface area contributed by atoms with Crippen molar-refractivity contribution in [3.05, 3.63) is 41.4 Å². The van der Waals surface area contributed by atoms with Crippen LogP contribution in [-0.2, 0) is 4.79 Å². The number of carbonyl (C=O) groups excluding carboxylic acids is 1. The normalized spacial score (nSPS) is 17.9. The van der Waals surface area contributed by atoms with Gasteiger partial charge < -0.3 is 10.0 Å². The minimum atomic E-state index is -0.871. The second kappa shape index (κ2) is 7.14. The van der Waals surface area contributed by atoms with Gasteiger partial charge in [0, 0.05) is 23.6 Å². The zero-order chi connectivity index (χ0) is 16.2. The van der Waals surface area contributed by atoms with E-state index in [0.717, 1.165) is 16.3 Å². The number of hydrogen-bond donors (Lipinski definition) is 1. The lowest BCUT2D eigenvalue weighted by atomic mass is 10.2. The molecule has 1 aromatic heterocycles. The Morgan fingerprint density at radius 1 is 1.30 bits per heavy atom. The van der Waals surface area contributed by atoms with E-state index in [1.54, 1.807) is 22.9 Å². The van der Waals surface area contributed by atoms with Crippen LogP contribution >= 0.6 is 23.1 Å². The molecule has 1 amide bonds. The monoisotopic (exact) mass is 348 g/mol. The Balaban J connectivity index is 1.79. The van der Waals surface area contributed by atoms with Crippen molar-refractivity contribution >= 4 is 35.0 Å². The first-order valence-corrected chi connectivity index (χ1v) is 9.24. The summed E-state index contributed by atoms with van der Waals surface area (Å²) < 4.78 is 0. The smallest absolute Gasteiger partial charge is 0.305 e. The maximum Gasteiger partial charge on any atom is 0.305 e. The predicted octanol–water partition coefficient (Wildman–Crippen LogP) is 2.84. The van der Waals surface area contributed by atoms with Crippen molar-refractivity contribution in [3.8, 4) is 10.6 Å². The largest absolute Gasteiger partial charge is 0.481 e. The van der Waals surface area contributed by atoms with Crippen LogP contribution in [0.4, 0.5) is 0 Å². The number of nitrogens with zero attached hydrogens (tertiary/aromatic N) is 2. The Morgan fingerprint density at radius 3 is 2.83 bits per heavy atom. The van der Waals surface area contributed by atoms with Gasteiger partial charge in [0.2, 0.25) is 0 Å². The van der Waals surface area contributed by atoms with Gasteiger partial charge in [0.15, 0.2) is 0 Å². The van der Waals surface area contributed by atoms with Crippen molar-refractivity contribution < 1.29 is 14.7 Å². The van der Waals surface area contributed by atoms with Crippen LogP contribution in [-0.4, -0.2) is 51.0 Å². The van der Waals surface area contributed by atoms with Gasteiger partial charge in [0.25, 0.3) is 5.91 Å². The van der Waals surface area contributed by atoms with E-state index in [4.69, 9.17) is 5.11 Å². The average Bonchev–Trinajstić information content (AvgIpc) is 3.05. The van der Waals surface area contributed by atoms with Crippen LogP contribution in [0.5, 0.6) is 0 Å². The summed E-state index contributed by atoms with van der Waals surface area (Å²) in [5, 5.41) is 9.83. The zero-order valence-corrected chi connectivity index (χ0v) is 14.0. The highest BCUT2D eigenvalue weighted by Gasteiger charge is 2.30. The van der Waals surface area contributed by atoms with Crippen LogP contribution in [0.2, 0.25) is 0 Å². The molecule has 1 aliphatic heterocycles. The number of aliphatic carboxylic acids is 1. The average molecular weight is 348 g/mol. The Labute approximate surface area is 142 Å². The predicted molar refractivity (Wildman–Crippen MR) is 92.0 cm³/mol. The second-order valence-corrected chi connectivity index (χ2v) is 7.40. The van der Waals surface area contributed by atoms with Crippen molar-refractivity contribution in [1.29, 1.82) is 0 Å². The van der Waals surface area contributed by atoms with E-state index in [0.29, 0.717) is 17.2 Å². The third-order valence-corrected chi connectivity index (χ3v) is 5.76. The van der Waals surface area contributed by atoms with Crippen molar-refractivity contribution in [2.24, 2.45) is 0 Å². The fraction of sp³-hybridized carbons (Fsp3) is 0.312. The fourth-order valence-corrected chi connectivity index (χ4v) is 4.46. The van der Waals surface area contributed by atoms with Crippen LogP contribution in [0.3, 0.4) is 0 Å². The molecule has 7 heteroatoms. The van der Waals surface area contributed by atoms with Gasteiger partial charge in [0.1, 0.15) is 9.88 Å².